The third-order valence-electron chi connectivity index (χ3n) is 5.82. The fourth-order valence-electron chi connectivity index (χ4n) is 4.15. The van der Waals surface area contributed by atoms with E-state index in [4.69, 9.17) is 9.72 Å². The second-order valence-electron chi connectivity index (χ2n) is 8.44. The largest absolute Gasteiger partial charge is 0.378 e. The van der Waals surface area contributed by atoms with Crippen molar-refractivity contribution in [3.8, 4) is 0 Å². The molecule has 3 heterocycles. The van der Waals surface area contributed by atoms with Gasteiger partial charge >= 0.3 is 0 Å². The molecule has 0 radical (unpaired) electrons. The molecule has 0 aliphatic heterocycles. The van der Waals surface area contributed by atoms with E-state index < -0.39 is 0 Å². The highest BCUT2D eigenvalue weighted by Crippen LogP contribution is 2.42. The number of hydrogen-bond donors (Lipinski definition) is 2. The van der Waals surface area contributed by atoms with Gasteiger partial charge in [-0.3, -0.25) is 14.6 Å². The number of nitrogens with one attached hydrogen (secondary N) is 2. The normalized spacial score (nSPS) is 18.6. The van der Waals surface area contributed by atoms with E-state index in [1.165, 1.54) is 0 Å². The molecule has 3 aromatic heterocycles. The first-order valence-electron chi connectivity index (χ1n) is 10.7. The molecule has 0 aromatic carbocycles. The van der Waals surface area contributed by atoms with Crippen LogP contribution in [0.1, 0.15) is 84.3 Å². The van der Waals surface area contributed by atoms with Crippen LogP contribution in [0.3, 0.4) is 0 Å². The van der Waals surface area contributed by atoms with Crippen LogP contribution in [0.5, 0.6) is 0 Å². The molecule has 1 fully saturated rings. The highest BCUT2D eigenvalue weighted by atomic mass is 16.5. The molecule has 1 aliphatic carbocycles. The number of nitrogens with zero attached hydrogens (tertiary/aromatic N) is 5. The molecule has 1 amide bonds. The van der Waals surface area contributed by atoms with Crippen molar-refractivity contribution in [3.63, 3.8) is 0 Å². The molecular weight excluding hydrogens is 394 g/mol. The van der Waals surface area contributed by atoms with Crippen LogP contribution in [0.15, 0.2) is 24.4 Å². The molecule has 0 bridgehead atoms. The van der Waals surface area contributed by atoms with Gasteiger partial charge < -0.3 is 10.1 Å². The van der Waals surface area contributed by atoms with Crippen LogP contribution >= 0.6 is 0 Å². The molecule has 9 nitrogen and oxygen atoms in total. The van der Waals surface area contributed by atoms with Gasteiger partial charge in [-0.2, -0.15) is 10.2 Å². The minimum absolute atomic E-state index is 0.251. The molecule has 9 heteroatoms. The lowest BCUT2D eigenvalue weighted by molar-refractivity contribution is 0.101. The van der Waals surface area contributed by atoms with Gasteiger partial charge in [0.2, 0.25) is 0 Å². The summed E-state index contributed by atoms with van der Waals surface area (Å²) in [6.07, 6.45) is 4.92. The number of amides is 1. The van der Waals surface area contributed by atoms with E-state index in [2.05, 4.69) is 39.4 Å². The van der Waals surface area contributed by atoms with E-state index in [0.717, 1.165) is 36.5 Å². The summed E-state index contributed by atoms with van der Waals surface area (Å²) in [6, 6.07) is 5.63. The van der Waals surface area contributed by atoms with Crippen molar-refractivity contribution in [2.75, 3.05) is 12.4 Å². The van der Waals surface area contributed by atoms with Crippen LogP contribution in [0.25, 0.3) is 0 Å². The zero-order valence-corrected chi connectivity index (χ0v) is 18.4. The van der Waals surface area contributed by atoms with Crippen LogP contribution in [-0.4, -0.2) is 43.0 Å². The number of H-pyrrole nitrogens is 1. The van der Waals surface area contributed by atoms with Gasteiger partial charge in [0, 0.05) is 49.6 Å². The van der Waals surface area contributed by atoms with Crippen LogP contribution in [-0.2, 0) is 18.4 Å². The second kappa shape index (κ2) is 8.97. The lowest BCUT2D eigenvalue weighted by Gasteiger charge is -2.11. The summed E-state index contributed by atoms with van der Waals surface area (Å²) in [6.45, 7) is 4.65. The van der Waals surface area contributed by atoms with Gasteiger partial charge in [-0.1, -0.05) is 13.8 Å². The zero-order chi connectivity index (χ0) is 22.0. The average Bonchev–Trinajstić information content (AvgIpc) is 3.48. The Labute approximate surface area is 181 Å². The fourth-order valence-corrected chi connectivity index (χ4v) is 4.15. The van der Waals surface area contributed by atoms with Crippen molar-refractivity contribution in [1.29, 1.82) is 0 Å². The summed E-state index contributed by atoms with van der Waals surface area (Å²) in [4.78, 5) is 21.9. The fraction of sp³-hybridized carbons (Fsp3) is 0.500. The maximum atomic E-state index is 12.6. The molecule has 0 spiro atoms. The van der Waals surface area contributed by atoms with E-state index in [1.807, 2.05) is 18.3 Å². The maximum Gasteiger partial charge on any atom is 0.275 e. The smallest absolute Gasteiger partial charge is 0.275 e. The molecule has 0 unspecified atom stereocenters. The predicted molar refractivity (Wildman–Crippen MR) is 116 cm³/mol. The lowest BCUT2D eigenvalue weighted by atomic mass is 10.0. The number of anilines is 1. The Kier molecular flexibility index (Phi) is 6.13. The topological polar surface area (TPSA) is 111 Å². The standard InChI is InChI=1S/C22H29N7O2/c1-13(2)17-7-8-23-21(24-17)15-6-5-14(9-15)18-11-20(27-26-18)25-22(30)19-10-16(12-31-4)28-29(19)3/h7-8,10-11,13-15H,5-6,9,12H2,1-4H3,(H2,25,26,27,30)/t14-,15-/m1/s1. The Morgan fingerprint density at radius 3 is 2.90 bits per heavy atom. The molecule has 3 aromatic rings. The molecular formula is C22H29N7O2. The summed E-state index contributed by atoms with van der Waals surface area (Å²) in [5.41, 5.74) is 3.28. The molecule has 1 saturated carbocycles. The van der Waals surface area contributed by atoms with Crippen LogP contribution in [0.2, 0.25) is 0 Å². The van der Waals surface area contributed by atoms with Gasteiger partial charge in [-0.25, -0.2) is 9.97 Å². The monoisotopic (exact) mass is 423 g/mol. The molecule has 2 atom stereocenters. The number of aryl methyl sites for hydroxylation is 1. The average molecular weight is 424 g/mol. The van der Waals surface area contributed by atoms with E-state index >= 15 is 0 Å². The number of hydrogen-bond acceptors (Lipinski definition) is 6. The highest BCUT2D eigenvalue weighted by Gasteiger charge is 2.30. The minimum Gasteiger partial charge on any atom is -0.378 e. The minimum atomic E-state index is -0.251. The molecule has 31 heavy (non-hydrogen) atoms. The van der Waals surface area contributed by atoms with Gasteiger partial charge in [0.1, 0.15) is 11.5 Å². The number of rotatable bonds is 7. The number of carbonyl (C=O) groups excluding carboxylic acids is 1. The Balaban J connectivity index is 1.40. The summed E-state index contributed by atoms with van der Waals surface area (Å²) in [5, 5.41) is 14.5. The number of methoxy groups -OCH3 is 1. The maximum absolute atomic E-state index is 12.6. The lowest BCUT2D eigenvalue weighted by Crippen LogP contribution is -2.16. The highest BCUT2D eigenvalue weighted by molar-refractivity contribution is 6.02. The Morgan fingerprint density at radius 1 is 1.32 bits per heavy atom. The van der Waals surface area contributed by atoms with Gasteiger partial charge in [0.25, 0.3) is 5.91 Å². The second-order valence-corrected chi connectivity index (χ2v) is 8.44. The van der Waals surface area contributed by atoms with Crippen molar-refractivity contribution in [2.45, 2.75) is 57.5 Å². The molecule has 2 N–H and O–H groups in total. The van der Waals surface area contributed by atoms with E-state index in [9.17, 15) is 4.79 Å². The molecule has 1 aliphatic rings. The van der Waals surface area contributed by atoms with Crippen LogP contribution in [0.4, 0.5) is 5.82 Å². The first-order chi connectivity index (χ1) is 14.9. The SMILES string of the molecule is COCc1cc(C(=O)Nc2cc([C@@H]3CC[C@@H](c4nccc(C(C)C)n4)C3)[nH]n2)n(C)n1. The van der Waals surface area contributed by atoms with Crippen molar-refractivity contribution in [1.82, 2.24) is 29.9 Å². The van der Waals surface area contributed by atoms with Crippen LogP contribution in [0, 0.1) is 0 Å². The zero-order valence-electron chi connectivity index (χ0n) is 18.4. The molecule has 4 rings (SSSR count). The predicted octanol–water partition coefficient (Wildman–Crippen LogP) is 3.51. The van der Waals surface area contributed by atoms with E-state index in [-0.39, 0.29) is 5.91 Å². The Morgan fingerprint density at radius 2 is 2.13 bits per heavy atom. The summed E-state index contributed by atoms with van der Waals surface area (Å²) < 4.78 is 6.63. The Bertz CT molecular complexity index is 1060. The number of aromatic amines is 1. The van der Waals surface area contributed by atoms with Gasteiger partial charge in [-0.05, 0) is 37.3 Å². The van der Waals surface area contributed by atoms with Crippen molar-refractivity contribution in [3.05, 3.63) is 53.0 Å². The first kappa shape index (κ1) is 21.2. The number of ether oxygens (including phenoxy) is 1. The third-order valence-corrected chi connectivity index (χ3v) is 5.82. The van der Waals surface area contributed by atoms with Crippen molar-refractivity contribution < 1.29 is 9.53 Å². The third kappa shape index (κ3) is 4.66. The molecule has 164 valence electrons. The van der Waals surface area contributed by atoms with Gasteiger partial charge in [0.05, 0.1) is 12.3 Å². The molecule has 0 saturated heterocycles. The van der Waals surface area contributed by atoms with Crippen molar-refractivity contribution >= 4 is 11.7 Å². The number of aromatic nitrogens is 6. The van der Waals surface area contributed by atoms with E-state index in [0.29, 0.717) is 41.6 Å². The van der Waals surface area contributed by atoms with Crippen LogP contribution < -0.4 is 5.32 Å². The van der Waals surface area contributed by atoms with Gasteiger partial charge in [-0.15, -0.1) is 0 Å². The summed E-state index contributed by atoms with van der Waals surface area (Å²) in [5.74, 6) is 2.28. The quantitative estimate of drug-likeness (QED) is 0.602. The Hall–Kier alpha value is -3.07. The summed E-state index contributed by atoms with van der Waals surface area (Å²) in [7, 11) is 3.33. The number of carbonyl (C=O) groups is 1. The first-order valence-corrected chi connectivity index (χ1v) is 10.7. The van der Waals surface area contributed by atoms with E-state index in [1.54, 1.807) is 24.9 Å². The van der Waals surface area contributed by atoms with Gasteiger partial charge in [0.15, 0.2) is 5.82 Å². The van der Waals surface area contributed by atoms with Crippen molar-refractivity contribution in [2.24, 2.45) is 7.05 Å². The summed E-state index contributed by atoms with van der Waals surface area (Å²) >= 11 is 0.